The molecule has 2 atom stereocenters. The van der Waals surface area contributed by atoms with E-state index < -0.39 is 11.9 Å². The number of hydrogen-bond donors (Lipinski definition) is 2. The number of carboxylic acids is 1. The van der Waals surface area contributed by atoms with Gasteiger partial charge in [0.05, 0.1) is 24.2 Å². The number of benzene rings is 2. The third kappa shape index (κ3) is 5.19. The summed E-state index contributed by atoms with van der Waals surface area (Å²) in [6.07, 6.45) is 3.51. The Hall–Kier alpha value is -4.73. The molecule has 10 heteroatoms. The molecule has 0 aliphatic carbocycles. The highest BCUT2D eigenvalue weighted by atomic mass is 16.4. The van der Waals surface area contributed by atoms with E-state index in [9.17, 15) is 19.5 Å². The van der Waals surface area contributed by atoms with Crippen molar-refractivity contribution in [2.45, 2.75) is 19.3 Å². The van der Waals surface area contributed by atoms with Crippen LogP contribution in [0.4, 0.5) is 17.4 Å². The number of anilines is 3. The Morgan fingerprint density at radius 2 is 1.92 bits per heavy atom. The molecule has 2 N–H and O–H groups in total. The van der Waals surface area contributed by atoms with Crippen molar-refractivity contribution in [2.75, 3.05) is 30.4 Å². The lowest BCUT2D eigenvalue weighted by Gasteiger charge is -2.20. The Bertz CT molecular complexity index is 1480. The fraction of sp³-hybridized carbons (Fsp3) is 0.250. The number of nitrogens with one attached hydrogen (secondary N) is 1. The molecule has 3 heterocycles. The Labute approximate surface area is 218 Å². The second-order valence-corrected chi connectivity index (χ2v) is 9.38. The Morgan fingerprint density at radius 3 is 2.61 bits per heavy atom. The van der Waals surface area contributed by atoms with Crippen molar-refractivity contribution >= 4 is 46.3 Å². The first-order valence-corrected chi connectivity index (χ1v) is 12.2. The minimum Gasteiger partial charge on any atom is -0.481 e. The molecule has 2 unspecified atom stereocenters. The summed E-state index contributed by atoms with van der Waals surface area (Å²) in [5, 5.41) is 12.7. The molecule has 0 bridgehead atoms. The van der Waals surface area contributed by atoms with E-state index in [-0.39, 0.29) is 30.7 Å². The smallest absolute Gasteiger partial charge is 0.308 e. The summed E-state index contributed by atoms with van der Waals surface area (Å²) in [7, 11) is 1.70. The number of hydrogen-bond acceptors (Lipinski definition) is 7. The molecule has 2 aromatic carbocycles. The van der Waals surface area contributed by atoms with Crippen LogP contribution in [0.2, 0.25) is 0 Å². The lowest BCUT2D eigenvalue weighted by Crippen LogP contribution is -2.28. The van der Waals surface area contributed by atoms with Gasteiger partial charge in [0.2, 0.25) is 11.8 Å². The first kappa shape index (κ1) is 24.9. The predicted molar refractivity (Wildman–Crippen MR) is 141 cm³/mol. The van der Waals surface area contributed by atoms with Crippen LogP contribution in [-0.2, 0) is 20.8 Å². The van der Waals surface area contributed by atoms with Crippen LogP contribution in [-0.4, -0.2) is 57.9 Å². The van der Waals surface area contributed by atoms with Crippen LogP contribution in [0.5, 0.6) is 0 Å². The van der Waals surface area contributed by atoms with E-state index in [1.54, 1.807) is 47.4 Å². The number of likely N-dealkylation sites (N-methyl/N-ethyl adjacent to an activating group) is 1. The number of oxazole rings is 1. The van der Waals surface area contributed by atoms with E-state index in [2.05, 4.69) is 15.3 Å². The number of likely N-dealkylation sites (tertiary alicyclic amines) is 1. The largest absolute Gasteiger partial charge is 0.481 e. The normalized spacial score (nSPS) is 16.9. The fourth-order valence-electron chi connectivity index (χ4n) is 4.72. The molecule has 0 radical (unpaired) electrons. The van der Waals surface area contributed by atoms with Gasteiger partial charge in [0.1, 0.15) is 5.52 Å². The van der Waals surface area contributed by atoms with Gasteiger partial charge in [-0.3, -0.25) is 19.4 Å². The Kier molecular flexibility index (Phi) is 6.78. The van der Waals surface area contributed by atoms with E-state index in [0.29, 0.717) is 29.3 Å². The molecule has 0 saturated carbocycles. The average molecular weight is 514 g/mol. The fourth-order valence-corrected chi connectivity index (χ4v) is 4.72. The monoisotopic (exact) mass is 513 g/mol. The number of fused-ring (bicyclic) bond motifs is 1. The maximum absolute atomic E-state index is 13.0. The number of carbonyl (C=O) groups excluding carboxylic acids is 2. The molecule has 5 rings (SSSR count). The molecule has 1 aliphatic rings. The molecule has 1 aliphatic heterocycles. The summed E-state index contributed by atoms with van der Waals surface area (Å²) in [6.45, 7) is 2.01. The van der Waals surface area contributed by atoms with Crippen LogP contribution in [0.1, 0.15) is 24.0 Å². The lowest BCUT2D eigenvalue weighted by atomic mass is 9.89. The summed E-state index contributed by atoms with van der Waals surface area (Å²) >= 11 is 0. The minimum absolute atomic E-state index is 0.114. The van der Waals surface area contributed by atoms with Crippen molar-refractivity contribution in [2.24, 2.45) is 5.92 Å². The van der Waals surface area contributed by atoms with Gasteiger partial charge in [-0.05, 0) is 47.5 Å². The van der Waals surface area contributed by atoms with Crippen LogP contribution in [0.3, 0.4) is 0 Å². The summed E-state index contributed by atoms with van der Waals surface area (Å²) in [5.74, 6) is -2.12. The molecule has 1 saturated heterocycles. The van der Waals surface area contributed by atoms with Crippen molar-refractivity contribution in [1.82, 2.24) is 14.9 Å². The van der Waals surface area contributed by atoms with Gasteiger partial charge in [-0.2, -0.15) is 4.98 Å². The number of aliphatic carboxylic acids is 1. The third-order valence-electron chi connectivity index (χ3n) is 6.89. The highest BCUT2D eigenvalue weighted by Gasteiger charge is 2.39. The van der Waals surface area contributed by atoms with E-state index in [4.69, 9.17) is 4.42 Å². The number of aromatic nitrogens is 2. The van der Waals surface area contributed by atoms with Gasteiger partial charge in [-0.1, -0.05) is 18.2 Å². The van der Waals surface area contributed by atoms with Crippen molar-refractivity contribution in [3.63, 3.8) is 0 Å². The molecule has 2 amide bonds. The standard InChI is InChI=1S/C28H27N5O5/c1-17(34)33-15-22(23(16-33)27(36)37)19-6-8-21(9-7-19)32(2)26(35)13-18-5-10-24-25(12-18)38-28(31-24)30-20-4-3-11-29-14-20/h3-12,14,22-23H,13,15-16H2,1-2H3,(H,30,31)(H,36,37). The van der Waals surface area contributed by atoms with E-state index in [0.717, 1.165) is 16.8 Å². The summed E-state index contributed by atoms with van der Waals surface area (Å²) in [5.41, 5.74) is 4.30. The minimum atomic E-state index is -0.918. The highest BCUT2D eigenvalue weighted by molar-refractivity contribution is 5.94. The SMILES string of the molecule is CC(=O)N1CC(C(=O)O)C(c2ccc(N(C)C(=O)Cc3ccc4nc(Nc5cccnc5)oc4c3)cc2)C1. The van der Waals surface area contributed by atoms with Gasteiger partial charge in [0, 0.05) is 44.9 Å². The number of amides is 2. The van der Waals surface area contributed by atoms with Crippen LogP contribution in [0.15, 0.2) is 71.4 Å². The Morgan fingerprint density at radius 1 is 1.13 bits per heavy atom. The summed E-state index contributed by atoms with van der Waals surface area (Å²) in [6, 6.07) is 16.7. The van der Waals surface area contributed by atoms with Gasteiger partial charge >= 0.3 is 5.97 Å². The second-order valence-electron chi connectivity index (χ2n) is 9.38. The van der Waals surface area contributed by atoms with Crippen molar-refractivity contribution in [1.29, 1.82) is 0 Å². The summed E-state index contributed by atoms with van der Waals surface area (Å²) < 4.78 is 5.81. The van der Waals surface area contributed by atoms with Crippen molar-refractivity contribution < 1.29 is 23.9 Å². The molecular formula is C28H27N5O5. The zero-order chi connectivity index (χ0) is 26.8. The van der Waals surface area contributed by atoms with Crippen LogP contribution in [0.25, 0.3) is 11.1 Å². The molecule has 4 aromatic rings. The first-order chi connectivity index (χ1) is 18.3. The lowest BCUT2D eigenvalue weighted by molar-refractivity contribution is -0.141. The van der Waals surface area contributed by atoms with Crippen LogP contribution < -0.4 is 10.2 Å². The Balaban J connectivity index is 1.26. The maximum atomic E-state index is 13.0. The van der Waals surface area contributed by atoms with E-state index >= 15 is 0 Å². The van der Waals surface area contributed by atoms with Crippen LogP contribution in [0, 0.1) is 5.92 Å². The number of rotatable bonds is 7. The molecular weight excluding hydrogens is 486 g/mol. The predicted octanol–water partition coefficient (Wildman–Crippen LogP) is 3.82. The third-order valence-corrected chi connectivity index (χ3v) is 6.89. The average Bonchev–Trinajstić information content (AvgIpc) is 3.53. The van der Waals surface area contributed by atoms with Crippen molar-refractivity contribution in [3.8, 4) is 0 Å². The molecule has 38 heavy (non-hydrogen) atoms. The van der Waals surface area contributed by atoms with Gasteiger partial charge in [-0.25, -0.2) is 0 Å². The summed E-state index contributed by atoms with van der Waals surface area (Å²) in [4.78, 5) is 48.2. The zero-order valence-corrected chi connectivity index (χ0v) is 21.0. The highest BCUT2D eigenvalue weighted by Crippen LogP contribution is 2.34. The molecule has 194 valence electrons. The zero-order valence-electron chi connectivity index (χ0n) is 21.0. The van der Waals surface area contributed by atoms with Gasteiger partial charge in [0.25, 0.3) is 6.01 Å². The number of carbonyl (C=O) groups is 3. The first-order valence-electron chi connectivity index (χ1n) is 12.2. The molecule has 1 fully saturated rings. The van der Waals surface area contributed by atoms with E-state index in [1.807, 2.05) is 36.4 Å². The number of carboxylic acid groups (broad SMARTS) is 1. The molecule has 0 spiro atoms. The topological polar surface area (TPSA) is 129 Å². The number of nitrogens with zero attached hydrogens (tertiary/aromatic N) is 4. The van der Waals surface area contributed by atoms with E-state index in [1.165, 1.54) is 6.92 Å². The number of pyridine rings is 1. The quantitative estimate of drug-likeness (QED) is 0.382. The molecule has 2 aromatic heterocycles. The van der Waals surface area contributed by atoms with Gasteiger partial charge < -0.3 is 24.6 Å². The van der Waals surface area contributed by atoms with Crippen molar-refractivity contribution in [3.05, 3.63) is 78.1 Å². The second kappa shape index (κ2) is 10.3. The molecule has 10 nitrogen and oxygen atoms in total. The van der Waals surface area contributed by atoms with Gasteiger partial charge in [-0.15, -0.1) is 0 Å². The maximum Gasteiger partial charge on any atom is 0.308 e. The van der Waals surface area contributed by atoms with Crippen LogP contribution >= 0.6 is 0 Å². The van der Waals surface area contributed by atoms with Gasteiger partial charge in [0.15, 0.2) is 5.58 Å².